The summed E-state index contributed by atoms with van der Waals surface area (Å²) in [6, 6.07) is 0. The molecule has 0 aromatic rings. The minimum atomic E-state index is -4.99. The van der Waals surface area contributed by atoms with Crippen LogP contribution in [0.3, 0.4) is 0 Å². The topological polar surface area (TPSA) is 130 Å². The van der Waals surface area contributed by atoms with E-state index in [1.165, 1.54) is 0 Å². The first kappa shape index (κ1) is 14.8. The molecule has 3 N–H and O–H groups in total. The highest BCUT2D eigenvalue weighted by Crippen LogP contribution is 2.62. The molecule has 3 atom stereocenters. The van der Waals surface area contributed by atoms with Crippen molar-refractivity contribution in [1.29, 1.82) is 0 Å². The highest BCUT2D eigenvalue weighted by Gasteiger charge is 2.34. The van der Waals surface area contributed by atoms with Crippen LogP contribution in [-0.2, 0) is 22.3 Å². The zero-order valence-electron chi connectivity index (χ0n) is 6.57. The van der Waals surface area contributed by atoms with Gasteiger partial charge in [0.05, 0.1) is 6.16 Å². The van der Waals surface area contributed by atoms with Gasteiger partial charge in [0.1, 0.15) is 0 Å². The molecule has 12 heteroatoms. The average molecular weight is 288 g/mol. The summed E-state index contributed by atoms with van der Waals surface area (Å²) in [6.07, 6.45) is -0.575. The van der Waals surface area contributed by atoms with Crippen LogP contribution >= 0.6 is 35.3 Å². The summed E-state index contributed by atoms with van der Waals surface area (Å²) in [5, 5.41) is 0. The molecule has 14 heavy (non-hydrogen) atoms. The number of halogens is 1. The summed E-state index contributed by atoms with van der Waals surface area (Å²) in [5.41, 5.74) is 0. The van der Waals surface area contributed by atoms with E-state index in [0.29, 0.717) is 0 Å². The Kier molecular flexibility index (Phi) is 6.07. The van der Waals surface area contributed by atoms with Crippen molar-refractivity contribution in [3.63, 3.8) is 0 Å². The number of hydrogen-bond acceptors (Lipinski definition) is 5. The maximum absolute atomic E-state index is 10.9. The Morgan fingerprint density at radius 1 is 1.36 bits per heavy atom. The predicted octanol–water partition coefficient (Wildman–Crippen LogP) is 0.926. The largest absolute Gasteiger partial charge is 0.486 e. The van der Waals surface area contributed by atoms with E-state index < -0.39 is 29.8 Å². The molecule has 0 rings (SSSR count). The number of alkyl halides is 1. The van der Waals surface area contributed by atoms with Gasteiger partial charge in [0, 0.05) is 5.88 Å². The van der Waals surface area contributed by atoms with E-state index in [9.17, 15) is 13.7 Å². The van der Waals surface area contributed by atoms with Crippen LogP contribution in [-0.4, -0.2) is 26.7 Å². The summed E-state index contributed by atoms with van der Waals surface area (Å²) in [6.45, 7) is 0. The summed E-state index contributed by atoms with van der Waals surface area (Å²) >= 11 is 5.09. The molecule has 0 aliphatic heterocycles. The van der Waals surface area contributed by atoms with Crippen LogP contribution in [0.1, 0.15) is 0 Å². The number of hydrogen-bond donors (Lipinski definition) is 3. The number of phosphoric acid groups is 1. The van der Waals surface area contributed by atoms with E-state index in [1.54, 1.807) is 0 Å². The number of rotatable bonds is 6. The molecular formula is C2H8ClO8P3. The Balaban J connectivity index is 4.42. The second-order valence-corrected chi connectivity index (χ2v) is 6.91. The highest BCUT2D eigenvalue weighted by molar-refractivity contribution is 7.66. The van der Waals surface area contributed by atoms with Crippen molar-refractivity contribution in [3.8, 4) is 0 Å². The van der Waals surface area contributed by atoms with Gasteiger partial charge in [-0.1, -0.05) is 0 Å². The monoisotopic (exact) mass is 288 g/mol. The van der Waals surface area contributed by atoms with Gasteiger partial charge in [-0.25, -0.2) is 13.2 Å². The molecule has 0 aliphatic carbocycles. The lowest BCUT2D eigenvalue weighted by Crippen LogP contribution is -1.95. The van der Waals surface area contributed by atoms with Gasteiger partial charge in [0.25, 0.3) is 0 Å². The Hall–Kier alpha value is 0.780. The molecule has 0 saturated carbocycles. The van der Waals surface area contributed by atoms with Crippen LogP contribution in [0.15, 0.2) is 0 Å². The SMILES string of the molecule is O=[PH](O)OP(=O)(O)OP(=O)(O)CCCl. The van der Waals surface area contributed by atoms with E-state index in [4.69, 9.17) is 26.3 Å². The summed E-state index contributed by atoms with van der Waals surface area (Å²) in [7, 11) is -13.1. The molecular weight excluding hydrogens is 280 g/mol. The average Bonchev–Trinajstić information content (AvgIpc) is 1.78. The molecule has 0 bridgehead atoms. The third kappa shape index (κ3) is 7.12. The van der Waals surface area contributed by atoms with Gasteiger partial charge >= 0.3 is 23.7 Å². The maximum atomic E-state index is 10.9. The van der Waals surface area contributed by atoms with Crippen LogP contribution < -0.4 is 0 Å². The Labute approximate surface area is 84.9 Å². The van der Waals surface area contributed by atoms with Crippen molar-refractivity contribution in [3.05, 3.63) is 0 Å². The first-order valence-electron chi connectivity index (χ1n) is 3.03. The minimum absolute atomic E-state index is 0.276. The fourth-order valence-corrected chi connectivity index (χ4v) is 4.12. The van der Waals surface area contributed by atoms with Crippen LogP contribution in [0.5, 0.6) is 0 Å². The predicted molar refractivity (Wildman–Crippen MR) is 48.6 cm³/mol. The smallest absolute Gasteiger partial charge is 0.326 e. The van der Waals surface area contributed by atoms with Crippen molar-refractivity contribution < 1.29 is 37.0 Å². The lowest BCUT2D eigenvalue weighted by molar-refractivity contribution is 0.263. The van der Waals surface area contributed by atoms with Crippen molar-refractivity contribution in [2.75, 3.05) is 12.0 Å². The third-order valence-electron chi connectivity index (χ3n) is 0.791. The fourth-order valence-electron chi connectivity index (χ4n) is 0.424. The first-order valence-corrected chi connectivity index (χ1v) is 8.08. The van der Waals surface area contributed by atoms with Gasteiger partial charge in [-0.15, -0.1) is 11.6 Å². The molecule has 0 aromatic carbocycles. The molecule has 0 heterocycles. The summed E-state index contributed by atoms with van der Waals surface area (Å²) in [5.74, 6) is -0.276. The second kappa shape index (κ2) is 5.75. The highest BCUT2D eigenvalue weighted by atomic mass is 35.5. The van der Waals surface area contributed by atoms with Crippen LogP contribution in [0.2, 0.25) is 0 Å². The molecule has 0 amide bonds. The van der Waals surface area contributed by atoms with Crippen molar-refractivity contribution >= 4 is 35.3 Å². The van der Waals surface area contributed by atoms with E-state index in [0.717, 1.165) is 0 Å². The van der Waals surface area contributed by atoms with Gasteiger partial charge in [0.2, 0.25) is 0 Å². The van der Waals surface area contributed by atoms with Crippen LogP contribution in [0, 0.1) is 0 Å². The van der Waals surface area contributed by atoms with E-state index in [-0.39, 0.29) is 5.88 Å². The minimum Gasteiger partial charge on any atom is -0.326 e. The summed E-state index contributed by atoms with van der Waals surface area (Å²) < 4.78 is 38.9. The molecule has 0 fully saturated rings. The molecule has 8 nitrogen and oxygen atoms in total. The Morgan fingerprint density at radius 2 is 1.86 bits per heavy atom. The van der Waals surface area contributed by atoms with Crippen molar-refractivity contribution in [2.24, 2.45) is 0 Å². The van der Waals surface area contributed by atoms with Gasteiger partial charge in [-0.2, -0.15) is 0 Å². The molecule has 0 radical (unpaired) electrons. The quantitative estimate of drug-likeness (QED) is 0.486. The van der Waals surface area contributed by atoms with E-state index >= 15 is 0 Å². The maximum Gasteiger partial charge on any atom is 0.486 e. The van der Waals surface area contributed by atoms with Crippen LogP contribution in [0.4, 0.5) is 0 Å². The van der Waals surface area contributed by atoms with Gasteiger partial charge in [-0.3, -0.25) is 9.13 Å². The Morgan fingerprint density at radius 3 is 2.21 bits per heavy atom. The second-order valence-electron chi connectivity index (χ2n) is 1.96. The van der Waals surface area contributed by atoms with Gasteiger partial charge < -0.3 is 14.7 Å². The summed E-state index contributed by atoms with van der Waals surface area (Å²) in [4.78, 5) is 25.6. The Bertz CT molecular complexity index is 301. The zero-order valence-corrected chi connectivity index (χ0v) is 10.1. The van der Waals surface area contributed by atoms with Crippen molar-refractivity contribution in [2.45, 2.75) is 0 Å². The standard InChI is InChI=1S/C2H8ClO8P3/c3-1-2-13(6,7)11-14(8,9)10-12(4)5/h12H,1-2H2,(H,4,5)(H,6,7)(H,8,9). The third-order valence-corrected chi connectivity index (χ3v) is 5.43. The lowest BCUT2D eigenvalue weighted by Gasteiger charge is -2.13. The van der Waals surface area contributed by atoms with Gasteiger partial charge in [0.15, 0.2) is 0 Å². The molecule has 0 aromatic heterocycles. The van der Waals surface area contributed by atoms with Crippen molar-refractivity contribution in [1.82, 2.24) is 0 Å². The normalized spacial score (nSPS) is 22.3. The lowest BCUT2D eigenvalue weighted by atomic mass is 11.0. The molecule has 0 spiro atoms. The zero-order chi connectivity index (χ0) is 11.4. The van der Waals surface area contributed by atoms with Crippen LogP contribution in [0.25, 0.3) is 0 Å². The fraction of sp³-hybridized carbons (Fsp3) is 1.00. The van der Waals surface area contributed by atoms with E-state index in [2.05, 4.69) is 8.62 Å². The van der Waals surface area contributed by atoms with E-state index in [1.807, 2.05) is 0 Å². The molecule has 0 saturated heterocycles. The molecule has 0 aliphatic rings. The molecule has 3 unspecified atom stereocenters. The first-order chi connectivity index (χ1) is 6.18. The van der Waals surface area contributed by atoms with Gasteiger partial charge in [-0.05, 0) is 0 Å². The molecule has 86 valence electrons.